The molecule has 0 aliphatic heterocycles. The summed E-state index contributed by atoms with van der Waals surface area (Å²) in [5.74, 6) is 0. The highest BCUT2D eigenvalue weighted by Gasteiger charge is 2.09. The molecule has 3 rings (SSSR count). The summed E-state index contributed by atoms with van der Waals surface area (Å²) in [6.07, 6.45) is 1.83. The summed E-state index contributed by atoms with van der Waals surface area (Å²) in [5, 5.41) is 2.51. The van der Waals surface area contributed by atoms with Gasteiger partial charge in [-0.3, -0.25) is 9.97 Å². The summed E-state index contributed by atoms with van der Waals surface area (Å²) in [7, 11) is 0. The van der Waals surface area contributed by atoms with Gasteiger partial charge in [0.25, 0.3) is 0 Å². The van der Waals surface area contributed by atoms with Crippen molar-refractivity contribution >= 4 is 10.8 Å². The Balaban J connectivity index is 2.27. The quantitative estimate of drug-likeness (QED) is 0.644. The van der Waals surface area contributed by atoms with Gasteiger partial charge < -0.3 is 0 Å². The van der Waals surface area contributed by atoms with Gasteiger partial charge in [-0.1, -0.05) is 30.3 Å². The van der Waals surface area contributed by atoms with E-state index in [0.29, 0.717) is 0 Å². The molecule has 0 aliphatic rings. The average Bonchev–Trinajstić information content (AvgIpc) is 2.38. The average molecular weight is 248 g/mol. The zero-order chi connectivity index (χ0) is 13.4. The predicted octanol–water partition coefficient (Wildman–Crippen LogP) is 4.22. The lowest BCUT2D eigenvalue weighted by Gasteiger charge is -2.10. The van der Waals surface area contributed by atoms with Crippen LogP contribution in [-0.2, 0) is 0 Å². The van der Waals surface area contributed by atoms with E-state index in [2.05, 4.69) is 53.3 Å². The molecule has 0 unspecified atom stereocenters. The minimum atomic E-state index is 0.958. The summed E-state index contributed by atoms with van der Waals surface area (Å²) in [6.45, 7) is 6.11. The second-order valence-corrected chi connectivity index (χ2v) is 4.96. The van der Waals surface area contributed by atoms with E-state index >= 15 is 0 Å². The SMILES string of the molecule is Cc1cnc(-c2cc3ccccc3cc2C)c(C)n1. The van der Waals surface area contributed by atoms with Gasteiger partial charge in [-0.05, 0) is 43.2 Å². The molecule has 0 bridgehead atoms. The summed E-state index contributed by atoms with van der Waals surface area (Å²) < 4.78 is 0. The van der Waals surface area contributed by atoms with E-state index in [-0.39, 0.29) is 0 Å². The monoisotopic (exact) mass is 248 g/mol. The molecule has 0 saturated heterocycles. The number of nitrogens with zero attached hydrogens (tertiary/aromatic N) is 2. The minimum Gasteiger partial charge on any atom is -0.255 e. The van der Waals surface area contributed by atoms with Crippen LogP contribution in [0.4, 0.5) is 0 Å². The number of hydrogen-bond donors (Lipinski definition) is 0. The van der Waals surface area contributed by atoms with Crippen LogP contribution >= 0.6 is 0 Å². The number of benzene rings is 2. The number of aryl methyl sites for hydroxylation is 3. The second-order valence-electron chi connectivity index (χ2n) is 4.96. The Labute approximate surface area is 113 Å². The molecule has 1 heterocycles. The standard InChI is InChI=1S/C17H16N2/c1-11-8-14-6-4-5-7-15(14)9-16(11)17-13(3)19-12(2)10-18-17/h4-10H,1-3H3. The Morgan fingerprint density at radius 2 is 1.58 bits per heavy atom. The van der Waals surface area contributed by atoms with Crippen molar-refractivity contribution in [3.63, 3.8) is 0 Å². The third-order valence-corrected chi connectivity index (χ3v) is 3.42. The zero-order valence-electron chi connectivity index (χ0n) is 11.4. The molecule has 0 atom stereocenters. The maximum absolute atomic E-state index is 4.55. The molecule has 0 fully saturated rings. The largest absolute Gasteiger partial charge is 0.255 e. The van der Waals surface area contributed by atoms with Crippen LogP contribution < -0.4 is 0 Å². The fourth-order valence-electron chi connectivity index (χ4n) is 2.47. The van der Waals surface area contributed by atoms with Gasteiger partial charge in [-0.2, -0.15) is 0 Å². The lowest BCUT2D eigenvalue weighted by molar-refractivity contribution is 1.06. The fraction of sp³-hybridized carbons (Fsp3) is 0.176. The van der Waals surface area contributed by atoms with Crippen molar-refractivity contribution in [2.75, 3.05) is 0 Å². The van der Waals surface area contributed by atoms with Crippen molar-refractivity contribution in [3.05, 3.63) is 59.5 Å². The van der Waals surface area contributed by atoms with Gasteiger partial charge in [0.05, 0.1) is 17.1 Å². The van der Waals surface area contributed by atoms with E-state index in [9.17, 15) is 0 Å². The van der Waals surface area contributed by atoms with Crippen LogP contribution in [0.5, 0.6) is 0 Å². The highest BCUT2D eigenvalue weighted by molar-refractivity contribution is 5.88. The molecular formula is C17H16N2. The van der Waals surface area contributed by atoms with Crippen molar-refractivity contribution < 1.29 is 0 Å². The number of aromatic nitrogens is 2. The highest BCUT2D eigenvalue weighted by atomic mass is 14.8. The Bertz CT molecular complexity index is 760. The topological polar surface area (TPSA) is 25.8 Å². The van der Waals surface area contributed by atoms with Crippen molar-refractivity contribution in [3.8, 4) is 11.3 Å². The Hall–Kier alpha value is -2.22. The first-order valence-electron chi connectivity index (χ1n) is 6.45. The van der Waals surface area contributed by atoms with Crippen LogP contribution in [0.15, 0.2) is 42.6 Å². The molecule has 1 aromatic heterocycles. The maximum atomic E-state index is 4.55. The molecule has 2 aromatic carbocycles. The molecule has 0 radical (unpaired) electrons. The van der Waals surface area contributed by atoms with Crippen LogP contribution in [0.1, 0.15) is 17.0 Å². The van der Waals surface area contributed by atoms with Crippen molar-refractivity contribution in [1.29, 1.82) is 0 Å². The van der Waals surface area contributed by atoms with Crippen LogP contribution in [-0.4, -0.2) is 9.97 Å². The highest BCUT2D eigenvalue weighted by Crippen LogP contribution is 2.28. The molecule has 3 aromatic rings. The van der Waals surface area contributed by atoms with Crippen molar-refractivity contribution in [2.45, 2.75) is 20.8 Å². The number of hydrogen-bond acceptors (Lipinski definition) is 2. The van der Waals surface area contributed by atoms with E-state index in [1.807, 2.05) is 20.0 Å². The molecule has 0 spiro atoms. The lowest BCUT2D eigenvalue weighted by atomic mass is 9.98. The minimum absolute atomic E-state index is 0.958. The number of fused-ring (bicyclic) bond motifs is 1. The van der Waals surface area contributed by atoms with Gasteiger partial charge >= 0.3 is 0 Å². The molecule has 0 aliphatic carbocycles. The third-order valence-electron chi connectivity index (χ3n) is 3.42. The van der Waals surface area contributed by atoms with Gasteiger partial charge in [0.15, 0.2) is 0 Å². The fourth-order valence-corrected chi connectivity index (χ4v) is 2.47. The smallest absolute Gasteiger partial charge is 0.0917 e. The first kappa shape index (κ1) is 11.8. The van der Waals surface area contributed by atoms with E-state index in [1.165, 1.54) is 21.9 Å². The normalized spacial score (nSPS) is 10.9. The molecule has 2 nitrogen and oxygen atoms in total. The second kappa shape index (κ2) is 4.47. The van der Waals surface area contributed by atoms with Gasteiger partial charge in [0.1, 0.15) is 0 Å². The van der Waals surface area contributed by atoms with E-state index in [0.717, 1.165) is 17.1 Å². The number of rotatable bonds is 1. The van der Waals surface area contributed by atoms with Crippen molar-refractivity contribution in [2.24, 2.45) is 0 Å². The first-order chi connectivity index (χ1) is 9.15. The van der Waals surface area contributed by atoms with E-state index < -0.39 is 0 Å². The zero-order valence-corrected chi connectivity index (χ0v) is 11.4. The van der Waals surface area contributed by atoms with Gasteiger partial charge in [0.2, 0.25) is 0 Å². The summed E-state index contributed by atoms with van der Waals surface area (Å²) >= 11 is 0. The molecular weight excluding hydrogens is 232 g/mol. The summed E-state index contributed by atoms with van der Waals surface area (Å²) in [6, 6.07) is 12.8. The van der Waals surface area contributed by atoms with Crippen LogP contribution in [0.2, 0.25) is 0 Å². The van der Waals surface area contributed by atoms with Crippen LogP contribution in [0.3, 0.4) is 0 Å². The third kappa shape index (κ3) is 2.10. The lowest BCUT2D eigenvalue weighted by Crippen LogP contribution is -1.96. The summed E-state index contributed by atoms with van der Waals surface area (Å²) in [5.41, 5.74) is 5.33. The van der Waals surface area contributed by atoms with Gasteiger partial charge in [-0.25, -0.2) is 0 Å². The molecule has 0 N–H and O–H groups in total. The predicted molar refractivity (Wildman–Crippen MR) is 79.2 cm³/mol. The molecule has 94 valence electrons. The van der Waals surface area contributed by atoms with Gasteiger partial charge in [-0.15, -0.1) is 0 Å². The Morgan fingerprint density at radius 1 is 0.895 bits per heavy atom. The molecule has 2 heteroatoms. The molecule has 19 heavy (non-hydrogen) atoms. The van der Waals surface area contributed by atoms with Crippen molar-refractivity contribution in [1.82, 2.24) is 9.97 Å². The molecule has 0 saturated carbocycles. The van der Waals surface area contributed by atoms with E-state index in [1.54, 1.807) is 0 Å². The van der Waals surface area contributed by atoms with Gasteiger partial charge in [0, 0.05) is 11.8 Å². The molecule has 0 amide bonds. The summed E-state index contributed by atoms with van der Waals surface area (Å²) in [4.78, 5) is 9.06. The van der Waals surface area contributed by atoms with Crippen LogP contribution in [0.25, 0.3) is 22.0 Å². The Kier molecular flexibility index (Phi) is 2.79. The van der Waals surface area contributed by atoms with Crippen LogP contribution in [0, 0.1) is 20.8 Å². The first-order valence-corrected chi connectivity index (χ1v) is 6.45. The van der Waals surface area contributed by atoms with E-state index in [4.69, 9.17) is 0 Å². The maximum Gasteiger partial charge on any atom is 0.0917 e. The Morgan fingerprint density at radius 3 is 2.26 bits per heavy atom.